The lowest BCUT2D eigenvalue weighted by Crippen LogP contribution is -1.90. The highest BCUT2D eigenvalue weighted by Crippen LogP contribution is 2.29. The number of hydrogen-bond acceptors (Lipinski definition) is 0. The molecule has 0 saturated carbocycles. The first-order chi connectivity index (χ1) is 8.58. The van der Waals surface area contributed by atoms with Crippen LogP contribution in [0.4, 0.5) is 0 Å². The first kappa shape index (κ1) is 13.1. The highest BCUT2D eigenvalue weighted by atomic mass is 79.9. The molecule has 2 aromatic rings. The van der Waals surface area contributed by atoms with E-state index in [0.717, 1.165) is 4.48 Å². The molecule has 92 valence electrons. The van der Waals surface area contributed by atoms with E-state index in [-0.39, 0.29) is 0 Å². The largest absolute Gasteiger partial charge is 0.0587 e. The Hall–Kier alpha value is -1.34. The van der Waals surface area contributed by atoms with E-state index >= 15 is 0 Å². The summed E-state index contributed by atoms with van der Waals surface area (Å²) in [5.41, 5.74) is 6.33. The maximum Gasteiger partial charge on any atom is 0.000400 e. The number of halogens is 1. The van der Waals surface area contributed by atoms with E-state index < -0.39 is 0 Å². The molecule has 0 saturated heterocycles. The minimum absolute atomic E-state index is 1.16. The summed E-state index contributed by atoms with van der Waals surface area (Å²) < 4.78 is 1.16. The number of benzene rings is 2. The quantitative estimate of drug-likeness (QED) is 0.689. The second-order valence-corrected chi connectivity index (χ2v) is 5.83. The molecule has 1 heteroatoms. The van der Waals surface area contributed by atoms with Gasteiger partial charge in [0.25, 0.3) is 0 Å². The molecule has 0 radical (unpaired) electrons. The van der Waals surface area contributed by atoms with Crippen molar-refractivity contribution in [2.24, 2.45) is 0 Å². The molecule has 0 aliphatic heterocycles. The first-order valence-corrected chi connectivity index (χ1v) is 6.87. The fourth-order valence-electron chi connectivity index (χ4n) is 2.00. The Morgan fingerprint density at radius 2 is 1.06 bits per heavy atom. The first-order valence-electron chi connectivity index (χ1n) is 6.08. The molecule has 0 N–H and O–H groups in total. The molecule has 0 amide bonds. The monoisotopic (exact) mass is 300 g/mol. The molecule has 2 rings (SSSR count). The van der Waals surface area contributed by atoms with Crippen molar-refractivity contribution in [2.75, 3.05) is 0 Å². The second kappa shape index (κ2) is 5.53. The molecule has 2 aromatic carbocycles. The van der Waals surface area contributed by atoms with Crippen LogP contribution in [0.2, 0.25) is 0 Å². The van der Waals surface area contributed by atoms with Crippen LogP contribution in [0.5, 0.6) is 0 Å². The minimum atomic E-state index is 1.16. The summed E-state index contributed by atoms with van der Waals surface area (Å²) in [6, 6.07) is 17.3. The van der Waals surface area contributed by atoms with Crippen molar-refractivity contribution in [3.8, 4) is 0 Å². The summed E-state index contributed by atoms with van der Waals surface area (Å²) >= 11 is 3.63. The summed E-state index contributed by atoms with van der Waals surface area (Å²) in [7, 11) is 0. The smallest absolute Gasteiger partial charge is 0.000400 e. The van der Waals surface area contributed by atoms with Crippen LogP contribution in [0.15, 0.2) is 53.0 Å². The molecule has 0 fully saturated rings. The van der Waals surface area contributed by atoms with Gasteiger partial charge in [-0.2, -0.15) is 0 Å². The molecule has 0 heterocycles. The van der Waals surface area contributed by atoms with Crippen molar-refractivity contribution >= 4 is 21.5 Å². The Bertz CT molecular complexity index is 508. The average Bonchev–Trinajstić information content (AvgIpc) is 2.34. The topological polar surface area (TPSA) is 0 Å². The standard InChI is InChI=1S/C17H17Br/c1-12-4-8-15(9-5-12)17(14(3)18)16-10-6-13(2)7-11-16/h4-11H,1-3H3. The molecule has 0 unspecified atom stereocenters. The normalized spacial score (nSPS) is 10.2. The zero-order chi connectivity index (χ0) is 13.1. The van der Waals surface area contributed by atoms with Gasteiger partial charge in [0.05, 0.1) is 0 Å². The lowest BCUT2D eigenvalue weighted by atomic mass is 9.96. The summed E-state index contributed by atoms with van der Waals surface area (Å²) in [6.07, 6.45) is 0. The van der Waals surface area contributed by atoms with Gasteiger partial charge in [-0.25, -0.2) is 0 Å². The number of hydrogen-bond donors (Lipinski definition) is 0. The summed E-state index contributed by atoms with van der Waals surface area (Å²) in [5.74, 6) is 0. The van der Waals surface area contributed by atoms with Crippen LogP contribution < -0.4 is 0 Å². The summed E-state index contributed by atoms with van der Waals surface area (Å²) in [6.45, 7) is 6.31. The van der Waals surface area contributed by atoms with Gasteiger partial charge in [0.2, 0.25) is 0 Å². The van der Waals surface area contributed by atoms with Gasteiger partial charge in [-0.3, -0.25) is 0 Å². The van der Waals surface area contributed by atoms with Crippen molar-refractivity contribution in [3.63, 3.8) is 0 Å². The van der Waals surface area contributed by atoms with Gasteiger partial charge in [-0.1, -0.05) is 75.6 Å². The van der Waals surface area contributed by atoms with E-state index in [2.05, 4.69) is 85.2 Å². The highest BCUT2D eigenvalue weighted by molar-refractivity contribution is 9.11. The van der Waals surface area contributed by atoms with Crippen molar-refractivity contribution in [1.29, 1.82) is 0 Å². The Labute approximate surface area is 117 Å². The molecule has 0 aromatic heterocycles. The van der Waals surface area contributed by atoms with Crippen molar-refractivity contribution in [2.45, 2.75) is 20.8 Å². The number of aryl methyl sites for hydroxylation is 2. The number of rotatable bonds is 2. The Morgan fingerprint density at radius 3 is 1.33 bits per heavy atom. The van der Waals surface area contributed by atoms with Crippen LogP contribution in [0, 0.1) is 13.8 Å². The fourth-order valence-corrected chi connectivity index (χ4v) is 2.46. The lowest BCUT2D eigenvalue weighted by Gasteiger charge is -2.11. The van der Waals surface area contributed by atoms with Crippen molar-refractivity contribution in [3.05, 3.63) is 75.3 Å². The van der Waals surface area contributed by atoms with Crippen LogP contribution in [0.3, 0.4) is 0 Å². The highest BCUT2D eigenvalue weighted by Gasteiger charge is 2.07. The van der Waals surface area contributed by atoms with E-state index in [0.29, 0.717) is 0 Å². The lowest BCUT2D eigenvalue weighted by molar-refractivity contribution is 1.42. The van der Waals surface area contributed by atoms with E-state index in [1.54, 1.807) is 0 Å². The van der Waals surface area contributed by atoms with Gasteiger partial charge in [-0.15, -0.1) is 0 Å². The third-order valence-electron chi connectivity index (χ3n) is 3.02. The van der Waals surface area contributed by atoms with Gasteiger partial charge in [0.15, 0.2) is 0 Å². The number of allylic oxidation sites excluding steroid dienone is 1. The van der Waals surface area contributed by atoms with Gasteiger partial charge < -0.3 is 0 Å². The third kappa shape index (κ3) is 2.91. The van der Waals surface area contributed by atoms with Crippen molar-refractivity contribution < 1.29 is 0 Å². The maximum atomic E-state index is 3.63. The van der Waals surface area contributed by atoms with Crippen LogP contribution in [-0.2, 0) is 0 Å². The second-order valence-electron chi connectivity index (χ2n) is 4.64. The summed E-state index contributed by atoms with van der Waals surface area (Å²) in [5, 5.41) is 0. The molecule has 0 spiro atoms. The molecule has 0 nitrogen and oxygen atoms in total. The van der Waals surface area contributed by atoms with Gasteiger partial charge >= 0.3 is 0 Å². The van der Waals surface area contributed by atoms with E-state index in [9.17, 15) is 0 Å². The molecular weight excluding hydrogens is 284 g/mol. The zero-order valence-electron chi connectivity index (χ0n) is 11.0. The molecule has 0 aliphatic carbocycles. The van der Waals surface area contributed by atoms with Crippen LogP contribution in [0.1, 0.15) is 29.2 Å². The Kier molecular flexibility index (Phi) is 4.03. The molecule has 0 atom stereocenters. The minimum Gasteiger partial charge on any atom is -0.0587 e. The van der Waals surface area contributed by atoms with Crippen molar-refractivity contribution in [1.82, 2.24) is 0 Å². The SMILES string of the molecule is CC(Br)=C(c1ccc(C)cc1)c1ccc(C)cc1. The zero-order valence-corrected chi connectivity index (χ0v) is 12.6. The van der Waals surface area contributed by atoms with Crippen LogP contribution >= 0.6 is 15.9 Å². The maximum absolute atomic E-state index is 3.63. The summed E-state index contributed by atoms with van der Waals surface area (Å²) in [4.78, 5) is 0. The fraction of sp³-hybridized carbons (Fsp3) is 0.176. The van der Waals surface area contributed by atoms with Crippen LogP contribution in [0.25, 0.3) is 5.57 Å². The average molecular weight is 301 g/mol. The Balaban J connectivity index is 2.51. The third-order valence-corrected chi connectivity index (χ3v) is 3.42. The van der Waals surface area contributed by atoms with E-state index in [1.807, 2.05) is 0 Å². The predicted octanol–water partition coefficient (Wildman–Crippen LogP) is 5.48. The van der Waals surface area contributed by atoms with E-state index in [4.69, 9.17) is 0 Å². The van der Waals surface area contributed by atoms with Gasteiger partial charge in [0.1, 0.15) is 0 Å². The van der Waals surface area contributed by atoms with E-state index in [1.165, 1.54) is 27.8 Å². The van der Waals surface area contributed by atoms with Crippen LogP contribution in [-0.4, -0.2) is 0 Å². The molecular formula is C17H17Br. The molecule has 18 heavy (non-hydrogen) atoms. The predicted molar refractivity (Wildman–Crippen MR) is 83.0 cm³/mol. The molecule has 0 aliphatic rings. The van der Waals surface area contributed by atoms with Gasteiger partial charge in [0, 0.05) is 4.48 Å². The Morgan fingerprint density at radius 1 is 0.722 bits per heavy atom. The van der Waals surface area contributed by atoms with Gasteiger partial charge in [-0.05, 0) is 37.5 Å². The molecule has 0 bridgehead atoms.